The van der Waals surface area contributed by atoms with Crippen molar-refractivity contribution in [3.05, 3.63) is 33.8 Å². The third kappa shape index (κ3) is 2.41. The minimum absolute atomic E-state index is 0.0247. The molecule has 0 saturated carbocycles. The molecule has 2 heteroatoms. The molecule has 1 aromatic carbocycles. The summed E-state index contributed by atoms with van der Waals surface area (Å²) in [5.41, 5.74) is 1.88. The van der Waals surface area contributed by atoms with E-state index in [0.717, 1.165) is 21.9 Å². The summed E-state index contributed by atoms with van der Waals surface area (Å²) in [4.78, 5) is 10.8. The van der Waals surface area contributed by atoms with E-state index in [2.05, 4.69) is 36.7 Å². The van der Waals surface area contributed by atoms with Crippen LogP contribution < -0.4 is 0 Å². The fourth-order valence-corrected chi connectivity index (χ4v) is 1.69. The fourth-order valence-electron chi connectivity index (χ4n) is 1.31. The normalized spacial score (nSPS) is 11.4. The molecule has 1 aromatic rings. The zero-order valence-electron chi connectivity index (χ0n) is 8.10. The number of carbonyl (C=O) groups is 1. The molecule has 0 amide bonds. The number of benzene rings is 1. The van der Waals surface area contributed by atoms with Crippen molar-refractivity contribution in [3.8, 4) is 0 Å². The van der Waals surface area contributed by atoms with Crippen molar-refractivity contribution in [3.63, 3.8) is 0 Å². The lowest BCUT2D eigenvalue weighted by Crippen LogP contribution is -2.13. The zero-order chi connectivity index (χ0) is 10.1. The van der Waals surface area contributed by atoms with Crippen molar-refractivity contribution in [2.75, 3.05) is 0 Å². The van der Waals surface area contributed by atoms with Crippen molar-refractivity contribution >= 4 is 22.2 Å². The van der Waals surface area contributed by atoms with Gasteiger partial charge in [-0.1, -0.05) is 42.8 Å². The van der Waals surface area contributed by atoms with Crippen molar-refractivity contribution in [1.82, 2.24) is 0 Å². The molecule has 0 aliphatic carbocycles. The molecular formula is C11H13BrO. The summed E-state index contributed by atoms with van der Waals surface area (Å²) in [5.74, 6) is 0. The molecule has 0 N–H and O–H groups in total. The Hall–Kier alpha value is -0.630. The summed E-state index contributed by atoms with van der Waals surface area (Å²) in [6, 6.07) is 5.81. The highest BCUT2D eigenvalue weighted by Gasteiger charge is 2.17. The Balaban J connectivity index is 3.29. The maximum absolute atomic E-state index is 10.8. The molecule has 1 rings (SSSR count). The SMILES string of the molecule is CC(C)(C)c1ccc(Br)cc1C=O. The molecule has 0 heterocycles. The molecule has 0 aromatic heterocycles. The number of hydrogen-bond donors (Lipinski definition) is 0. The van der Waals surface area contributed by atoms with Gasteiger partial charge in [-0.15, -0.1) is 0 Å². The largest absolute Gasteiger partial charge is 0.298 e. The van der Waals surface area contributed by atoms with Crippen molar-refractivity contribution in [2.24, 2.45) is 0 Å². The molecule has 0 aliphatic heterocycles. The topological polar surface area (TPSA) is 17.1 Å². The predicted molar refractivity (Wildman–Crippen MR) is 58.2 cm³/mol. The van der Waals surface area contributed by atoms with Gasteiger partial charge < -0.3 is 0 Å². The summed E-state index contributed by atoms with van der Waals surface area (Å²) < 4.78 is 0.947. The number of halogens is 1. The highest BCUT2D eigenvalue weighted by Crippen LogP contribution is 2.27. The number of carbonyl (C=O) groups excluding carboxylic acids is 1. The molecule has 1 nitrogen and oxygen atoms in total. The van der Waals surface area contributed by atoms with Crippen molar-refractivity contribution < 1.29 is 4.79 Å². The highest BCUT2D eigenvalue weighted by atomic mass is 79.9. The quantitative estimate of drug-likeness (QED) is 0.687. The average molecular weight is 241 g/mol. The monoisotopic (exact) mass is 240 g/mol. The molecule has 13 heavy (non-hydrogen) atoms. The van der Waals surface area contributed by atoms with E-state index in [-0.39, 0.29) is 5.41 Å². The lowest BCUT2D eigenvalue weighted by Gasteiger charge is -2.20. The van der Waals surface area contributed by atoms with E-state index in [1.54, 1.807) is 0 Å². The Morgan fingerprint density at radius 2 is 1.92 bits per heavy atom. The van der Waals surface area contributed by atoms with Crippen LogP contribution in [0.1, 0.15) is 36.7 Å². The summed E-state index contributed by atoms with van der Waals surface area (Å²) in [6.45, 7) is 6.30. The summed E-state index contributed by atoms with van der Waals surface area (Å²) in [7, 11) is 0. The van der Waals surface area contributed by atoms with Crippen LogP contribution in [0.2, 0.25) is 0 Å². The molecule has 0 unspecified atom stereocenters. The van der Waals surface area contributed by atoms with Gasteiger partial charge >= 0.3 is 0 Å². The van der Waals surface area contributed by atoms with Gasteiger partial charge in [0, 0.05) is 10.0 Å². The second kappa shape index (κ2) is 3.62. The first-order chi connectivity index (χ1) is 5.95. The molecule has 0 bridgehead atoms. The molecule has 0 radical (unpaired) electrons. The molecule has 0 spiro atoms. The molecule has 0 saturated heterocycles. The van der Waals surface area contributed by atoms with E-state index in [0.29, 0.717) is 0 Å². The predicted octanol–water partition coefficient (Wildman–Crippen LogP) is 3.56. The van der Waals surface area contributed by atoms with Gasteiger partial charge in [-0.3, -0.25) is 4.79 Å². The summed E-state index contributed by atoms with van der Waals surface area (Å²) in [6.07, 6.45) is 0.908. The standard InChI is InChI=1S/C11H13BrO/c1-11(2,3)10-5-4-9(12)6-8(10)7-13/h4-7H,1-3H3. The van der Waals surface area contributed by atoms with Crippen LogP contribution in [0, 0.1) is 0 Å². The van der Waals surface area contributed by atoms with Crippen molar-refractivity contribution in [2.45, 2.75) is 26.2 Å². The van der Waals surface area contributed by atoms with Gasteiger partial charge in [0.05, 0.1) is 0 Å². The third-order valence-electron chi connectivity index (χ3n) is 1.95. The second-order valence-corrected chi connectivity index (χ2v) is 5.02. The van der Waals surface area contributed by atoms with Gasteiger partial charge in [0.1, 0.15) is 6.29 Å². The average Bonchev–Trinajstić information content (AvgIpc) is 2.01. The Kier molecular flexibility index (Phi) is 2.91. The molecule has 0 fully saturated rings. The van der Waals surface area contributed by atoms with Gasteiger partial charge in [0.25, 0.3) is 0 Å². The fraction of sp³-hybridized carbons (Fsp3) is 0.364. The van der Waals surface area contributed by atoms with Crippen LogP contribution in [0.15, 0.2) is 22.7 Å². The van der Waals surface area contributed by atoms with E-state index in [1.165, 1.54) is 0 Å². The minimum atomic E-state index is 0.0247. The van der Waals surface area contributed by atoms with E-state index in [1.807, 2.05) is 18.2 Å². The highest BCUT2D eigenvalue weighted by molar-refractivity contribution is 9.10. The van der Waals surface area contributed by atoms with Gasteiger partial charge in [0.15, 0.2) is 0 Å². The van der Waals surface area contributed by atoms with E-state index < -0.39 is 0 Å². The van der Waals surface area contributed by atoms with E-state index in [4.69, 9.17) is 0 Å². The number of hydrogen-bond acceptors (Lipinski definition) is 1. The zero-order valence-corrected chi connectivity index (χ0v) is 9.68. The Labute approximate surface area is 87.3 Å². The van der Waals surface area contributed by atoms with Crippen LogP contribution in [0.4, 0.5) is 0 Å². The Morgan fingerprint density at radius 3 is 2.38 bits per heavy atom. The van der Waals surface area contributed by atoms with Crippen LogP contribution >= 0.6 is 15.9 Å². The minimum Gasteiger partial charge on any atom is -0.298 e. The molecule has 70 valence electrons. The maximum Gasteiger partial charge on any atom is 0.150 e. The Bertz CT molecular complexity index is 323. The van der Waals surface area contributed by atoms with Gasteiger partial charge in [-0.25, -0.2) is 0 Å². The second-order valence-electron chi connectivity index (χ2n) is 4.10. The van der Waals surface area contributed by atoms with Crippen LogP contribution in [0.5, 0.6) is 0 Å². The van der Waals surface area contributed by atoms with Crippen LogP contribution in [-0.4, -0.2) is 6.29 Å². The summed E-state index contributed by atoms with van der Waals surface area (Å²) >= 11 is 3.34. The Morgan fingerprint density at radius 1 is 1.31 bits per heavy atom. The van der Waals surface area contributed by atoms with Crippen molar-refractivity contribution in [1.29, 1.82) is 0 Å². The molecule has 0 aliphatic rings. The van der Waals surface area contributed by atoms with E-state index in [9.17, 15) is 4.79 Å². The van der Waals surface area contributed by atoms with E-state index >= 15 is 0 Å². The number of aldehydes is 1. The first-order valence-corrected chi connectivity index (χ1v) is 4.99. The maximum atomic E-state index is 10.8. The smallest absolute Gasteiger partial charge is 0.150 e. The van der Waals surface area contributed by atoms with Gasteiger partial charge in [0.2, 0.25) is 0 Å². The van der Waals surface area contributed by atoms with Crippen LogP contribution in [-0.2, 0) is 5.41 Å². The third-order valence-corrected chi connectivity index (χ3v) is 2.44. The lowest BCUT2D eigenvalue weighted by atomic mass is 9.84. The lowest BCUT2D eigenvalue weighted by molar-refractivity contribution is 0.112. The summed E-state index contributed by atoms with van der Waals surface area (Å²) in [5, 5.41) is 0. The molecule has 0 atom stereocenters. The van der Waals surface area contributed by atoms with Gasteiger partial charge in [-0.05, 0) is 23.1 Å². The number of rotatable bonds is 1. The van der Waals surface area contributed by atoms with Crippen LogP contribution in [0.3, 0.4) is 0 Å². The first kappa shape index (κ1) is 10.5. The van der Waals surface area contributed by atoms with Crippen LogP contribution in [0.25, 0.3) is 0 Å². The first-order valence-electron chi connectivity index (χ1n) is 4.20. The molecular weight excluding hydrogens is 228 g/mol. The van der Waals surface area contributed by atoms with Gasteiger partial charge in [-0.2, -0.15) is 0 Å².